The number of ketones is 1. The largest absolute Gasteiger partial charge is 0.346 e. The molecule has 3 atom stereocenters. The van der Waals surface area contributed by atoms with E-state index in [-0.39, 0.29) is 53.9 Å². The number of H-pyrrole nitrogens is 1. The highest BCUT2D eigenvalue weighted by molar-refractivity contribution is 5.93. The number of likely N-dealkylation sites (tertiary alicyclic amines) is 1. The van der Waals surface area contributed by atoms with Crippen molar-refractivity contribution in [1.82, 2.24) is 20.2 Å². The van der Waals surface area contributed by atoms with Gasteiger partial charge in [0, 0.05) is 37.4 Å². The molecule has 1 aromatic carbocycles. The van der Waals surface area contributed by atoms with Crippen LogP contribution in [0, 0.1) is 17.6 Å². The maximum absolute atomic E-state index is 14.1. The maximum Gasteiger partial charge on any atom is 0.225 e. The highest BCUT2D eigenvalue weighted by atomic mass is 19.1. The average Bonchev–Trinajstić information content (AvgIpc) is 3.26. The number of halogens is 2. The van der Waals surface area contributed by atoms with Gasteiger partial charge in [0.2, 0.25) is 11.8 Å². The van der Waals surface area contributed by atoms with Crippen LogP contribution >= 0.6 is 0 Å². The number of nitrogens with one attached hydrogen (secondary N) is 2. The maximum atomic E-state index is 14.1. The summed E-state index contributed by atoms with van der Waals surface area (Å²) in [4.78, 5) is 48.1. The zero-order chi connectivity index (χ0) is 26.4. The first-order valence-corrected chi connectivity index (χ1v) is 13.0. The van der Waals surface area contributed by atoms with Crippen molar-refractivity contribution in [3.05, 3.63) is 29.6 Å². The molecule has 1 aliphatic rings. The van der Waals surface area contributed by atoms with Crippen molar-refractivity contribution in [3.8, 4) is 0 Å². The standard InChI is InChI=1S/C27H38F2N4O3/c1-5-19-8-6-7-11-33(19)25(36)15-21(30-24(35)10-9-16(2)3)23(34)12-17(4)27-31-22-14-18(28)13-20(29)26(22)32-27/h13-14,16-17,19,21H,5-12,15H2,1-4H3,(H,30,35)(H,31,32)/t17-,19+,21+/m1/s1. The number of benzene rings is 1. The Balaban J connectivity index is 1.74. The summed E-state index contributed by atoms with van der Waals surface area (Å²) in [7, 11) is 0. The van der Waals surface area contributed by atoms with Gasteiger partial charge in [0.05, 0.1) is 18.0 Å². The number of piperidine rings is 1. The average molecular weight is 505 g/mol. The second-order valence-electron chi connectivity index (χ2n) is 10.4. The van der Waals surface area contributed by atoms with Gasteiger partial charge < -0.3 is 15.2 Å². The molecule has 7 nitrogen and oxygen atoms in total. The van der Waals surface area contributed by atoms with Crippen LogP contribution in [0.5, 0.6) is 0 Å². The molecule has 2 aromatic rings. The van der Waals surface area contributed by atoms with Crippen LogP contribution in [-0.2, 0) is 14.4 Å². The number of nitrogens with zero attached hydrogens (tertiary/aromatic N) is 2. The first-order valence-electron chi connectivity index (χ1n) is 13.0. The molecule has 36 heavy (non-hydrogen) atoms. The number of hydrogen-bond acceptors (Lipinski definition) is 4. The fourth-order valence-corrected chi connectivity index (χ4v) is 4.81. The van der Waals surface area contributed by atoms with Crippen molar-refractivity contribution in [2.75, 3.05) is 6.54 Å². The van der Waals surface area contributed by atoms with E-state index >= 15 is 0 Å². The van der Waals surface area contributed by atoms with Crippen LogP contribution in [-0.4, -0.2) is 51.1 Å². The van der Waals surface area contributed by atoms with Gasteiger partial charge in [-0.3, -0.25) is 14.4 Å². The third kappa shape index (κ3) is 7.11. The topological polar surface area (TPSA) is 95.2 Å². The van der Waals surface area contributed by atoms with E-state index in [2.05, 4.69) is 22.2 Å². The predicted octanol–water partition coefficient (Wildman–Crippen LogP) is 5.01. The Bertz CT molecular complexity index is 1080. The van der Waals surface area contributed by atoms with Crippen LogP contribution in [0.3, 0.4) is 0 Å². The summed E-state index contributed by atoms with van der Waals surface area (Å²) in [6, 6.07) is 1.13. The molecule has 9 heteroatoms. The summed E-state index contributed by atoms with van der Waals surface area (Å²) in [5.41, 5.74) is 0.223. The summed E-state index contributed by atoms with van der Waals surface area (Å²) in [5, 5.41) is 2.80. The molecule has 0 bridgehead atoms. The molecule has 0 aliphatic carbocycles. The number of aromatic nitrogens is 2. The Labute approximate surface area is 211 Å². The van der Waals surface area contributed by atoms with Crippen molar-refractivity contribution in [2.24, 2.45) is 5.92 Å². The van der Waals surface area contributed by atoms with E-state index in [1.807, 2.05) is 18.7 Å². The molecule has 0 unspecified atom stereocenters. The van der Waals surface area contributed by atoms with Gasteiger partial charge in [0.15, 0.2) is 11.6 Å². The molecule has 0 radical (unpaired) electrons. The van der Waals surface area contributed by atoms with Crippen LogP contribution in [0.25, 0.3) is 11.0 Å². The molecule has 2 heterocycles. The van der Waals surface area contributed by atoms with E-state index in [4.69, 9.17) is 0 Å². The third-order valence-corrected chi connectivity index (χ3v) is 6.97. The zero-order valence-corrected chi connectivity index (χ0v) is 21.7. The Morgan fingerprint density at radius 1 is 1.17 bits per heavy atom. The Morgan fingerprint density at radius 3 is 2.61 bits per heavy atom. The van der Waals surface area contributed by atoms with E-state index in [0.717, 1.165) is 37.8 Å². The van der Waals surface area contributed by atoms with Gasteiger partial charge in [-0.2, -0.15) is 0 Å². The smallest absolute Gasteiger partial charge is 0.225 e. The summed E-state index contributed by atoms with van der Waals surface area (Å²) in [6.07, 6.45) is 4.67. The SMILES string of the molecule is CC[C@H]1CCCCN1C(=O)C[C@H](NC(=O)CCC(C)C)C(=O)C[C@@H](C)c1nc2c(F)cc(F)cc2[nH]1. The van der Waals surface area contributed by atoms with Crippen LogP contribution in [0.1, 0.15) is 90.8 Å². The lowest BCUT2D eigenvalue weighted by atomic mass is 9.95. The molecule has 198 valence electrons. The summed E-state index contributed by atoms with van der Waals surface area (Å²) in [5.74, 6) is -1.93. The number of aromatic amines is 1. The van der Waals surface area contributed by atoms with Gasteiger partial charge in [-0.15, -0.1) is 0 Å². The molecule has 1 aliphatic heterocycles. The number of fused-ring (bicyclic) bond motifs is 1. The number of hydrogen-bond donors (Lipinski definition) is 2. The van der Waals surface area contributed by atoms with Crippen molar-refractivity contribution >= 4 is 28.6 Å². The van der Waals surface area contributed by atoms with Crippen LogP contribution < -0.4 is 5.32 Å². The van der Waals surface area contributed by atoms with E-state index in [0.29, 0.717) is 24.7 Å². The quantitative estimate of drug-likeness (QED) is 0.450. The molecule has 1 aromatic heterocycles. The van der Waals surface area contributed by atoms with Gasteiger partial charge in [-0.05, 0) is 44.1 Å². The highest BCUT2D eigenvalue weighted by Gasteiger charge is 2.31. The first-order chi connectivity index (χ1) is 17.1. The Morgan fingerprint density at radius 2 is 1.92 bits per heavy atom. The van der Waals surface area contributed by atoms with Gasteiger partial charge in [-0.1, -0.05) is 27.7 Å². The summed E-state index contributed by atoms with van der Waals surface area (Å²) in [6.45, 7) is 8.50. The number of rotatable bonds is 11. The van der Waals surface area contributed by atoms with E-state index in [1.165, 1.54) is 0 Å². The lowest BCUT2D eigenvalue weighted by Gasteiger charge is -2.36. The van der Waals surface area contributed by atoms with E-state index in [1.54, 1.807) is 6.92 Å². The van der Waals surface area contributed by atoms with E-state index in [9.17, 15) is 23.2 Å². The van der Waals surface area contributed by atoms with Crippen molar-refractivity contribution in [3.63, 3.8) is 0 Å². The van der Waals surface area contributed by atoms with Crippen molar-refractivity contribution in [2.45, 2.75) is 97.1 Å². The molecule has 2 amide bonds. The van der Waals surface area contributed by atoms with Crippen LogP contribution in [0.4, 0.5) is 8.78 Å². The van der Waals surface area contributed by atoms with Gasteiger partial charge in [-0.25, -0.2) is 13.8 Å². The summed E-state index contributed by atoms with van der Waals surface area (Å²) >= 11 is 0. The van der Waals surface area contributed by atoms with Gasteiger partial charge in [0.1, 0.15) is 17.2 Å². The molecule has 0 saturated carbocycles. The fraction of sp³-hybridized carbons (Fsp3) is 0.630. The van der Waals surface area contributed by atoms with Crippen molar-refractivity contribution in [1.29, 1.82) is 0 Å². The summed E-state index contributed by atoms with van der Waals surface area (Å²) < 4.78 is 27.7. The monoisotopic (exact) mass is 504 g/mol. The third-order valence-electron chi connectivity index (χ3n) is 6.97. The van der Waals surface area contributed by atoms with E-state index < -0.39 is 23.6 Å². The van der Waals surface area contributed by atoms with Gasteiger partial charge >= 0.3 is 0 Å². The molecule has 1 saturated heterocycles. The van der Waals surface area contributed by atoms with Crippen LogP contribution in [0.2, 0.25) is 0 Å². The number of Topliss-reactive ketones (excluding diaryl/α,β-unsaturated/α-hetero) is 1. The van der Waals surface area contributed by atoms with Crippen LogP contribution in [0.15, 0.2) is 12.1 Å². The van der Waals surface area contributed by atoms with Gasteiger partial charge in [0.25, 0.3) is 0 Å². The minimum Gasteiger partial charge on any atom is -0.346 e. The fourth-order valence-electron chi connectivity index (χ4n) is 4.81. The Hall–Kier alpha value is -2.84. The second-order valence-corrected chi connectivity index (χ2v) is 10.4. The minimum atomic E-state index is -0.947. The number of carbonyl (C=O) groups is 3. The number of amides is 2. The molecule has 1 fully saturated rings. The number of carbonyl (C=O) groups excluding carboxylic acids is 3. The molecular weight excluding hydrogens is 466 g/mol. The van der Waals surface area contributed by atoms with Crippen molar-refractivity contribution < 1.29 is 23.2 Å². The molecule has 0 spiro atoms. The number of imidazole rings is 1. The Kier molecular flexibility index (Phi) is 9.56. The normalized spacial score (nSPS) is 17.9. The molecule has 3 rings (SSSR count). The zero-order valence-electron chi connectivity index (χ0n) is 21.7. The highest BCUT2D eigenvalue weighted by Crippen LogP contribution is 2.25. The minimum absolute atomic E-state index is 0.00937. The lowest BCUT2D eigenvalue weighted by Crippen LogP contribution is -2.49. The first kappa shape index (κ1) is 27.7. The second kappa shape index (κ2) is 12.4. The predicted molar refractivity (Wildman–Crippen MR) is 134 cm³/mol. The molecular formula is C27H38F2N4O3. The molecule has 2 N–H and O–H groups in total. The lowest BCUT2D eigenvalue weighted by molar-refractivity contribution is -0.138.